The van der Waals surface area contributed by atoms with Gasteiger partial charge in [-0.05, 0) is 31.2 Å². The van der Waals surface area contributed by atoms with Crippen molar-refractivity contribution in [3.05, 3.63) is 72.1 Å². The van der Waals surface area contributed by atoms with E-state index in [1.54, 1.807) is 41.8 Å². The molecule has 6 rings (SSSR count). The molecule has 4 aromatic rings. The molecule has 2 fully saturated rings. The van der Waals surface area contributed by atoms with Gasteiger partial charge < -0.3 is 33.7 Å². The maximum absolute atomic E-state index is 13.6. The third kappa shape index (κ3) is 5.59. The van der Waals surface area contributed by atoms with E-state index in [0.29, 0.717) is 29.0 Å². The largest absolute Gasteiger partial charge is 0.497 e. The first-order valence-electron chi connectivity index (χ1n) is 13.7. The van der Waals surface area contributed by atoms with E-state index in [9.17, 15) is 14.0 Å². The summed E-state index contributed by atoms with van der Waals surface area (Å²) in [5.41, 5.74) is 1.54. The second-order valence-corrected chi connectivity index (χ2v) is 9.85. The molecule has 4 heterocycles. The summed E-state index contributed by atoms with van der Waals surface area (Å²) in [6, 6.07) is 10.1. The maximum Gasteiger partial charge on any atom is 0.341 e. The zero-order valence-electron chi connectivity index (χ0n) is 23.9. The van der Waals surface area contributed by atoms with Gasteiger partial charge in [0.05, 0.1) is 20.5 Å². The molecule has 14 nitrogen and oxygen atoms in total. The Labute approximate surface area is 250 Å². The first kappa shape index (κ1) is 29.2. The molecule has 0 spiro atoms. The number of imidazole rings is 1. The molecule has 2 amide bonds. The van der Waals surface area contributed by atoms with Crippen LogP contribution in [0.3, 0.4) is 0 Å². The Balaban J connectivity index is 1.31. The van der Waals surface area contributed by atoms with E-state index in [1.807, 2.05) is 0 Å². The van der Waals surface area contributed by atoms with Crippen LogP contribution in [-0.2, 0) is 18.9 Å². The van der Waals surface area contributed by atoms with E-state index in [2.05, 4.69) is 25.6 Å². The van der Waals surface area contributed by atoms with E-state index < -0.39 is 42.8 Å². The van der Waals surface area contributed by atoms with Crippen LogP contribution in [0.5, 0.6) is 11.5 Å². The molecule has 0 radical (unpaired) electrons. The van der Waals surface area contributed by atoms with E-state index in [1.165, 1.54) is 39.0 Å². The lowest BCUT2D eigenvalue weighted by Crippen LogP contribution is -2.33. The lowest BCUT2D eigenvalue weighted by atomic mass is 10.1. The van der Waals surface area contributed by atoms with Crippen molar-refractivity contribution in [1.29, 1.82) is 0 Å². The average molecular weight is 609 g/mol. The Hall–Kier alpha value is -4.86. The first-order chi connectivity index (χ1) is 21.4. The highest BCUT2D eigenvalue weighted by molar-refractivity contribution is 5.95. The van der Waals surface area contributed by atoms with E-state index in [0.717, 1.165) is 0 Å². The van der Waals surface area contributed by atoms with Crippen LogP contribution in [-0.4, -0.2) is 77.2 Å². The zero-order valence-corrected chi connectivity index (χ0v) is 23.9. The lowest BCUT2D eigenvalue weighted by Gasteiger charge is -2.22. The fraction of sp³-hybridized carbons (Fsp3) is 0.345. The molecule has 2 aliphatic rings. The number of hydrogen-bond acceptors (Lipinski definition) is 11. The van der Waals surface area contributed by atoms with Crippen molar-refractivity contribution < 1.29 is 42.4 Å². The molecule has 5 unspecified atom stereocenters. The number of esters is 1. The first-order valence-corrected chi connectivity index (χ1v) is 13.7. The number of carbonyl (C=O) groups excluding carboxylic acids is 2. The average Bonchev–Trinajstić information content (AvgIpc) is 3.75. The van der Waals surface area contributed by atoms with Crippen LogP contribution in [0.1, 0.15) is 35.4 Å². The van der Waals surface area contributed by atoms with Crippen molar-refractivity contribution in [2.75, 3.05) is 32.7 Å². The SMILES string of the molecule is CCNC(=O)Nc1ncnc2c1ncn2C1OC(COc2cc(OC)ccc2C(=O)OC)C2OC(c3ccc(F)cc3)OC21. The van der Waals surface area contributed by atoms with Gasteiger partial charge in [-0.15, -0.1) is 0 Å². The molecule has 2 saturated heterocycles. The third-order valence-electron chi connectivity index (χ3n) is 7.19. The summed E-state index contributed by atoms with van der Waals surface area (Å²) in [5.74, 6) is -0.0370. The Morgan fingerprint density at radius 1 is 1.02 bits per heavy atom. The molecule has 0 bridgehead atoms. The number of methoxy groups -OCH3 is 2. The summed E-state index contributed by atoms with van der Waals surface area (Å²) in [4.78, 5) is 37.5. The van der Waals surface area contributed by atoms with Crippen molar-refractivity contribution in [2.24, 2.45) is 0 Å². The standard InChI is InChI=1S/C29H29FN6O8/c1-4-31-29(38)35-24-21-25(33-13-32-24)36(14-34-21)26-23-22(43-28(44-23)15-5-7-16(30)8-6-15)20(42-26)12-41-19-11-17(39-2)9-10-18(19)27(37)40-3/h5-11,13-14,20,22-23,26,28H,4,12H2,1-3H3,(H2,31,32,33,35,38). The highest BCUT2D eigenvalue weighted by Gasteiger charge is 2.54. The Kier molecular flexibility index (Phi) is 8.23. The van der Waals surface area contributed by atoms with Crippen molar-refractivity contribution in [3.63, 3.8) is 0 Å². The van der Waals surface area contributed by atoms with Crippen molar-refractivity contribution >= 4 is 29.0 Å². The lowest BCUT2D eigenvalue weighted by molar-refractivity contribution is -0.152. The minimum Gasteiger partial charge on any atom is -0.497 e. The monoisotopic (exact) mass is 608 g/mol. The van der Waals surface area contributed by atoms with Crippen LogP contribution in [0.15, 0.2) is 55.1 Å². The fourth-order valence-corrected chi connectivity index (χ4v) is 5.11. The minimum atomic E-state index is -0.818. The molecular weight excluding hydrogens is 579 g/mol. The van der Waals surface area contributed by atoms with Crippen molar-refractivity contribution in [3.8, 4) is 11.5 Å². The number of aromatic nitrogens is 4. The molecule has 15 heteroatoms. The highest BCUT2D eigenvalue weighted by Crippen LogP contribution is 2.45. The highest BCUT2D eigenvalue weighted by atomic mass is 19.1. The van der Waals surface area contributed by atoms with E-state index in [4.69, 9.17) is 28.4 Å². The number of anilines is 1. The number of benzene rings is 2. The topological polar surface area (TPSA) is 157 Å². The van der Waals surface area contributed by atoms with Crippen LogP contribution in [0.4, 0.5) is 15.0 Å². The number of nitrogens with zero attached hydrogens (tertiary/aromatic N) is 4. The molecule has 44 heavy (non-hydrogen) atoms. The Bertz CT molecular complexity index is 1670. The Morgan fingerprint density at radius 2 is 1.82 bits per heavy atom. The number of hydrogen-bond donors (Lipinski definition) is 2. The summed E-state index contributed by atoms with van der Waals surface area (Å²) < 4.78 is 50.7. The number of amides is 2. The summed E-state index contributed by atoms with van der Waals surface area (Å²) in [7, 11) is 2.78. The minimum absolute atomic E-state index is 0.0417. The van der Waals surface area contributed by atoms with Crippen LogP contribution < -0.4 is 20.1 Å². The van der Waals surface area contributed by atoms with Gasteiger partial charge in [-0.25, -0.2) is 28.9 Å². The number of carbonyl (C=O) groups is 2. The van der Waals surface area contributed by atoms with Gasteiger partial charge in [0.25, 0.3) is 0 Å². The van der Waals surface area contributed by atoms with Crippen LogP contribution >= 0.6 is 0 Å². The van der Waals surface area contributed by atoms with Crippen LogP contribution in [0, 0.1) is 5.82 Å². The molecule has 0 aliphatic carbocycles. The molecule has 2 aliphatic heterocycles. The van der Waals surface area contributed by atoms with Crippen LogP contribution in [0.2, 0.25) is 0 Å². The summed E-state index contributed by atoms with van der Waals surface area (Å²) in [5, 5.41) is 5.32. The van der Waals surface area contributed by atoms with Gasteiger partial charge >= 0.3 is 12.0 Å². The van der Waals surface area contributed by atoms with Gasteiger partial charge in [0.2, 0.25) is 0 Å². The molecule has 0 saturated carbocycles. The van der Waals surface area contributed by atoms with Gasteiger partial charge in [-0.2, -0.15) is 0 Å². The second-order valence-electron chi connectivity index (χ2n) is 9.85. The van der Waals surface area contributed by atoms with Gasteiger partial charge in [-0.3, -0.25) is 9.88 Å². The van der Waals surface area contributed by atoms with Crippen LogP contribution in [0.25, 0.3) is 11.2 Å². The zero-order chi connectivity index (χ0) is 30.8. The molecule has 230 valence electrons. The normalized spacial score (nSPS) is 22.4. The smallest absolute Gasteiger partial charge is 0.341 e. The number of fused-ring (bicyclic) bond motifs is 2. The summed E-state index contributed by atoms with van der Waals surface area (Å²) in [6.07, 6.45) is -0.799. The third-order valence-corrected chi connectivity index (χ3v) is 7.19. The molecule has 5 atom stereocenters. The number of halogens is 1. The van der Waals surface area contributed by atoms with Gasteiger partial charge in [0, 0.05) is 18.2 Å². The molecule has 2 aromatic carbocycles. The Morgan fingerprint density at radius 3 is 2.57 bits per heavy atom. The second kappa shape index (κ2) is 12.4. The predicted octanol–water partition coefficient (Wildman–Crippen LogP) is 3.36. The van der Waals surface area contributed by atoms with Crippen molar-refractivity contribution in [1.82, 2.24) is 24.8 Å². The molecule has 2 aromatic heterocycles. The molecule has 2 N–H and O–H groups in total. The van der Waals surface area contributed by atoms with Gasteiger partial charge in [-0.1, -0.05) is 12.1 Å². The maximum atomic E-state index is 13.6. The number of nitrogens with one attached hydrogen (secondary N) is 2. The number of urea groups is 1. The number of rotatable bonds is 9. The van der Waals surface area contributed by atoms with Gasteiger partial charge in [0.1, 0.15) is 54.1 Å². The number of ether oxygens (including phenoxy) is 6. The summed E-state index contributed by atoms with van der Waals surface area (Å²) in [6.45, 7) is 2.19. The molecular formula is C29H29FN6O8. The predicted molar refractivity (Wildman–Crippen MR) is 151 cm³/mol. The van der Waals surface area contributed by atoms with Gasteiger partial charge in [0.15, 0.2) is 29.5 Å². The summed E-state index contributed by atoms with van der Waals surface area (Å²) >= 11 is 0. The quantitative estimate of drug-likeness (QED) is 0.269. The van der Waals surface area contributed by atoms with Crippen molar-refractivity contribution in [2.45, 2.75) is 37.8 Å². The fourth-order valence-electron chi connectivity index (χ4n) is 5.11. The van der Waals surface area contributed by atoms with E-state index in [-0.39, 0.29) is 29.6 Å². The van der Waals surface area contributed by atoms with E-state index >= 15 is 0 Å².